The van der Waals surface area contributed by atoms with Gasteiger partial charge in [0.05, 0.1) is 33.2 Å². The summed E-state index contributed by atoms with van der Waals surface area (Å²) in [6.45, 7) is 2.62. The second-order valence-electron chi connectivity index (χ2n) is 6.89. The summed E-state index contributed by atoms with van der Waals surface area (Å²) in [5.41, 5.74) is 5.01. The van der Waals surface area contributed by atoms with E-state index in [1.807, 2.05) is 35.0 Å². The maximum absolute atomic E-state index is 5.43. The van der Waals surface area contributed by atoms with E-state index in [1.165, 1.54) is 5.56 Å². The molecule has 0 bridgehead atoms. The van der Waals surface area contributed by atoms with E-state index < -0.39 is 0 Å². The Morgan fingerprint density at radius 3 is 2.23 bits per heavy atom. The smallest absolute Gasteiger partial charge is 0.203 e. The van der Waals surface area contributed by atoms with Gasteiger partial charge in [-0.2, -0.15) is 0 Å². The van der Waals surface area contributed by atoms with Crippen molar-refractivity contribution in [1.82, 2.24) is 14.6 Å². The van der Waals surface area contributed by atoms with Crippen LogP contribution in [0.2, 0.25) is 0 Å². The van der Waals surface area contributed by atoms with Gasteiger partial charge in [-0.25, -0.2) is 9.50 Å². The fraction of sp³-hybridized carbons (Fsp3) is 0.217. The normalized spacial score (nSPS) is 10.8. The van der Waals surface area contributed by atoms with Crippen LogP contribution in [0.15, 0.2) is 54.7 Å². The van der Waals surface area contributed by atoms with Crippen molar-refractivity contribution in [2.24, 2.45) is 0 Å². The number of nitrogens with zero attached hydrogens (tertiary/aromatic N) is 3. The van der Waals surface area contributed by atoms with Crippen molar-refractivity contribution < 1.29 is 14.2 Å². The standard InChI is InChI=1S/C23H24N4O3/c1-15-5-7-17(8-6-15)18-14-25-22-10-9-21(26-27(18)22)24-13-16-11-19(28-2)23(30-4)20(12-16)29-3/h5-12,14H,13H2,1-4H3,(H,24,26). The summed E-state index contributed by atoms with van der Waals surface area (Å²) in [6, 6.07) is 16.0. The average Bonchev–Trinajstić information content (AvgIpc) is 3.20. The molecule has 0 amide bonds. The summed E-state index contributed by atoms with van der Waals surface area (Å²) in [4.78, 5) is 4.47. The van der Waals surface area contributed by atoms with Crippen molar-refractivity contribution in [3.63, 3.8) is 0 Å². The highest BCUT2D eigenvalue weighted by Crippen LogP contribution is 2.38. The van der Waals surface area contributed by atoms with Gasteiger partial charge in [0.25, 0.3) is 0 Å². The van der Waals surface area contributed by atoms with Crippen LogP contribution in [0.25, 0.3) is 16.9 Å². The summed E-state index contributed by atoms with van der Waals surface area (Å²) in [6.07, 6.45) is 1.84. The van der Waals surface area contributed by atoms with E-state index >= 15 is 0 Å². The molecule has 2 aromatic heterocycles. The number of benzene rings is 2. The molecule has 0 radical (unpaired) electrons. The van der Waals surface area contributed by atoms with Gasteiger partial charge in [0.15, 0.2) is 17.1 Å². The van der Waals surface area contributed by atoms with Crippen molar-refractivity contribution >= 4 is 11.5 Å². The van der Waals surface area contributed by atoms with Crippen molar-refractivity contribution in [3.05, 3.63) is 65.9 Å². The van der Waals surface area contributed by atoms with Gasteiger partial charge in [-0.3, -0.25) is 0 Å². The van der Waals surface area contributed by atoms with E-state index in [4.69, 9.17) is 19.3 Å². The van der Waals surface area contributed by atoms with Crippen molar-refractivity contribution in [2.75, 3.05) is 26.6 Å². The summed E-state index contributed by atoms with van der Waals surface area (Å²) < 4.78 is 18.1. The minimum atomic E-state index is 0.545. The van der Waals surface area contributed by atoms with Crippen LogP contribution in [0.1, 0.15) is 11.1 Å². The lowest BCUT2D eigenvalue weighted by Gasteiger charge is -2.14. The van der Waals surface area contributed by atoms with Crippen LogP contribution in [0.5, 0.6) is 17.2 Å². The van der Waals surface area contributed by atoms with Crippen LogP contribution in [0, 0.1) is 6.92 Å². The maximum Gasteiger partial charge on any atom is 0.203 e. The molecule has 0 saturated heterocycles. The second kappa shape index (κ2) is 8.32. The molecule has 4 rings (SSSR count). The largest absolute Gasteiger partial charge is 0.493 e. The van der Waals surface area contributed by atoms with Gasteiger partial charge in [-0.15, -0.1) is 5.10 Å². The number of imidazole rings is 1. The molecule has 7 nitrogen and oxygen atoms in total. The lowest BCUT2D eigenvalue weighted by atomic mass is 10.1. The van der Waals surface area contributed by atoms with Gasteiger partial charge >= 0.3 is 0 Å². The van der Waals surface area contributed by atoms with Crippen molar-refractivity contribution in [3.8, 4) is 28.5 Å². The van der Waals surface area contributed by atoms with Crippen LogP contribution in [0.3, 0.4) is 0 Å². The van der Waals surface area contributed by atoms with Crippen LogP contribution in [-0.4, -0.2) is 35.9 Å². The summed E-state index contributed by atoms with van der Waals surface area (Å²) in [5, 5.41) is 8.08. The Morgan fingerprint density at radius 1 is 0.900 bits per heavy atom. The van der Waals surface area contributed by atoms with E-state index in [0.717, 1.165) is 28.3 Å². The summed E-state index contributed by atoms with van der Waals surface area (Å²) in [7, 11) is 4.81. The zero-order valence-electron chi connectivity index (χ0n) is 17.5. The maximum atomic E-state index is 5.43. The molecule has 154 valence electrons. The molecule has 2 aromatic carbocycles. The number of hydrogen-bond donors (Lipinski definition) is 1. The number of nitrogens with one attached hydrogen (secondary N) is 1. The van der Waals surface area contributed by atoms with Gasteiger partial charge in [0.1, 0.15) is 5.82 Å². The fourth-order valence-electron chi connectivity index (χ4n) is 3.32. The molecule has 0 unspecified atom stereocenters. The topological polar surface area (TPSA) is 69.9 Å². The van der Waals surface area contributed by atoms with E-state index in [9.17, 15) is 0 Å². The van der Waals surface area contributed by atoms with Gasteiger partial charge < -0.3 is 19.5 Å². The molecule has 0 aliphatic rings. The number of anilines is 1. The summed E-state index contributed by atoms with van der Waals surface area (Å²) in [5.74, 6) is 2.55. The monoisotopic (exact) mass is 404 g/mol. The molecule has 1 N–H and O–H groups in total. The molecule has 30 heavy (non-hydrogen) atoms. The highest BCUT2D eigenvalue weighted by molar-refractivity contribution is 5.64. The zero-order valence-corrected chi connectivity index (χ0v) is 17.5. The van der Waals surface area contributed by atoms with E-state index in [0.29, 0.717) is 23.8 Å². The zero-order chi connectivity index (χ0) is 21.1. The molecule has 7 heteroatoms. The Hall–Kier alpha value is -3.74. The fourth-order valence-corrected chi connectivity index (χ4v) is 3.32. The molecule has 0 aliphatic carbocycles. The highest BCUT2D eigenvalue weighted by atomic mass is 16.5. The van der Waals surface area contributed by atoms with Crippen LogP contribution >= 0.6 is 0 Å². The predicted molar refractivity (Wildman–Crippen MR) is 117 cm³/mol. The van der Waals surface area contributed by atoms with Gasteiger partial charge in [0, 0.05) is 12.1 Å². The number of methoxy groups -OCH3 is 3. The Balaban J connectivity index is 1.60. The number of aryl methyl sites for hydroxylation is 1. The van der Waals surface area contributed by atoms with Crippen LogP contribution < -0.4 is 19.5 Å². The molecular weight excluding hydrogens is 380 g/mol. The van der Waals surface area contributed by atoms with Crippen molar-refractivity contribution in [1.29, 1.82) is 0 Å². The number of hydrogen-bond acceptors (Lipinski definition) is 6. The highest BCUT2D eigenvalue weighted by Gasteiger charge is 2.13. The first-order valence-electron chi connectivity index (χ1n) is 9.57. The third kappa shape index (κ3) is 3.74. The first-order valence-corrected chi connectivity index (χ1v) is 9.57. The second-order valence-corrected chi connectivity index (χ2v) is 6.89. The molecular formula is C23H24N4O3. The third-order valence-corrected chi connectivity index (χ3v) is 4.91. The minimum absolute atomic E-state index is 0.545. The summed E-state index contributed by atoms with van der Waals surface area (Å²) >= 11 is 0. The van der Waals surface area contributed by atoms with Gasteiger partial charge in [0.2, 0.25) is 5.75 Å². The van der Waals surface area contributed by atoms with Gasteiger partial charge in [-0.1, -0.05) is 29.8 Å². The third-order valence-electron chi connectivity index (χ3n) is 4.91. The molecule has 0 saturated carbocycles. The molecule has 0 atom stereocenters. The molecule has 0 spiro atoms. The van der Waals surface area contributed by atoms with Crippen molar-refractivity contribution in [2.45, 2.75) is 13.5 Å². The first-order chi connectivity index (χ1) is 14.6. The minimum Gasteiger partial charge on any atom is -0.493 e. The Kier molecular flexibility index (Phi) is 5.43. The number of aromatic nitrogens is 3. The molecule has 0 fully saturated rings. The van der Waals surface area contributed by atoms with Gasteiger partial charge in [-0.05, 0) is 36.8 Å². The van der Waals surface area contributed by atoms with Crippen LogP contribution in [-0.2, 0) is 6.54 Å². The number of rotatable bonds is 7. The number of ether oxygens (including phenoxy) is 3. The number of fused-ring (bicyclic) bond motifs is 1. The van der Waals surface area contributed by atoms with E-state index in [2.05, 4.69) is 41.5 Å². The van der Waals surface area contributed by atoms with Crippen LogP contribution in [0.4, 0.5) is 5.82 Å². The molecule has 2 heterocycles. The van der Waals surface area contributed by atoms with E-state index in [-0.39, 0.29) is 0 Å². The predicted octanol–water partition coefficient (Wildman–Crippen LogP) is 4.34. The molecule has 4 aromatic rings. The SMILES string of the molecule is COc1cc(CNc2ccc3ncc(-c4ccc(C)cc4)n3n2)cc(OC)c1OC. The molecule has 0 aliphatic heterocycles. The quantitative estimate of drug-likeness (QED) is 0.494. The lowest BCUT2D eigenvalue weighted by molar-refractivity contribution is 0.324. The average molecular weight is 404 g/mol. The Labute approximate surface area is 175 Å². The Bertz CT molecular complexity index is 1140. The van der Waals surface area contributed by atoms with E-state index in [1.54, 1.807) is 21.3 Å². The first kappa shape index (κ1) is 19.6. The Morgan fingerprint density at radius 2 is 1.60 bits per heavy atom. The lowest BCUT2D eigenvalue weighted by Crippen LogP contribution is -2.05.